The third-order valence-corrected chi connectivity index (χ3v) is 5.18. The highest BCUT2D eigenvalue weighted by atomic mass is 35.5. The third-order valence-electron chi connectivity index (χ3n) is 2.91. The predicted molar refractivity (Wildman–Crippen MR) is 80.4 cm³/mol. The summed E-state index contributed by atoms with van der Waals surface area (Å²) >= 11 is 11.7. The molecule has 1 aromatic carbocycles. The predicted octanol–water partition coefficient (Wildman–Crippen LogP) is 2.50. The van der Waals surface area contributed by atoms with E-state index in [1.165, 1.54) is 23.2 Å². The van der Waals surface area contributed by atoms with Gasteiger partial charge in [-0.25, -0.2) is 22.9 Å². The maximum atomic E-state index is 12.3. The fourth-order valence-corrected chi connectivity index (χ4v) is 3.99. The van der Waals surface area contributed by atoms with Crippen LogP contribution in [0.3, 0.4) is 0 Å². The molecule has 1 atom stereocenters. The first-order chi connectivity index (χ1) is 9.86. The van der Waals surface area contributed by atoms with Gasteiger partial charge in [-0.2, -0.15) is 0 Å². The monoisotopic (exact) mass is 349 g/mol. The number of hydrazine groups is 1. The van der Waals surface area contributed by atoms with Crippen LogP contribution in [-0.4, -0.2) is 25.5 Å². The van der Waals surface area contributed by atoms with E-state index < -0.39 is 16.1 Å². The van der Waals surface area contributed by atoms with E-state index in [0.29, 0.717) is 6.42 Å². The van der Waals surface area contributed by atoms with Gasteiger partial charge in [-0.1, -0.05) is 36.2 Å². The molecule has 1 heterocycles. The van der Waals surface area contributed by atoms with Crippen molar-refractivity contribution in [3.63, 3.8) is 0 Å². The average molecular weight is 350 g/mol. The molecular formula is C12H13Cl2N3O3S. The minimum Gasteiger partial charge on any atom is -0.302 e. The molecule has 2 amide bonds. The van der Waals surface area contributed by atoms with Crippen molar-refractivity contribution in [1.82, 2.24) is 15.2 Å². The van der Waals surface area contributed by atoms with E-state index in [0.717, 1.165) is 0 Å². The molecule has 6 nitrogen and oxygen atoms in total. The van der Waals surface area contributed by atoms with Gasteiger partial charge in [-0.3, -0.25) is 0 Å². The second-order valence-corrected chi connectivity index (χ2v) is 6.73. The second kappa shape index (κ2) is 6.13. The van der Waals surface area contributed by atoms with Gasteiger partial charge in [0.25, 0.3) is 10.0 Å². The van der Waals surface area contributed by atoms with Crippen molar-refractivity contribution in [1.29, 1.82) is 0 Å². The van der Waals surface area contributed by atoms with Gasteiger partial charge in [0.1, 0.15) is 4.90 Å². The summed E-state index contributed by atoms with van der Waals surface area (Å²) in [4.78, 5) is 11.8. The lowest BCUT2D eigenvalue weighted by atomic mass is 10.2. The van der Waals surface area contributed by atoms with E-state index in [1.807, 2.05) is 11.6 Å². The van der Waals surface area contributed by atoms with Crippen LogP contribution in [0.5, 0.6) is 0 Å². The van der Waals surface area contributed by atoms with Gasteiger partial charge in [-0.05, 0) is 24.6 Å². The van der Waals surface area contributed by atoms with Crippen molar-refractivity contribution < 1.29 is 13.2 Å². The minimum absolute atomic E-state index is 0.0534. The van der Waals surface area contributed by atoms with Crippen molar-refractivity contribution >= 4 is 39.3 Å². The largest absolute Gasteiger partial charge is 0.350 e. The lowest BCUT2D eigenvalue weighted by Crippen LogP contribution is -2.49. The molecule has 0 spiro atoms. The summed E-state index contributed by atoms with van der Waals surface area (Å²) in [7, 11) is -4.16. The summed E-state index contributed by atoms with van der Waals surface area (Å²) in [5.74, 6) is 0. The first kappa shape index (κ1) is 15.9. The van der Waals surface area contributed by atoms with Crippen LogP contribution >= 0.6 is 23.2 Å². The van der Waals surface area contributed by atoms with Crippen LogP contribution in [0.4, 0.5) is 4.79 Å². The van der Waals surface area contributed by atoms with Crippen LogP contribution in [-0.2, 0) is 10.0 Å². The molecule has 2 rings (SSSR count). The van der Waals surface area contributed by atoms with Gasteiger partial charge in [0.15, 0.2) is 0 Å². The Kier molecular flexibility index (Phi) is 4.65. The number of hydrogen-bond donors (Lipinski definition) is 2. The number of sulfonamides is 1. The van der Waals surface area contributed by atoms with Crippen LogP contribution in [0, 0.1) is 0 Å². The van der Waals surface area contributed by atoms with Crippen LogP contribution in [0.15, 0.2) is 35.4 Å². The van der Waals surface area contributed by atoms with Gasteiger partial charge in [0.2, 0.25) is 0 Å². The van der Waals surface area contributed by atoms with Crippen LogP contribution in [0.1, 0.15) is 13.3 Å². The van der Waals surface area contributed by atoms with E-state index in [1.54, 1.807) is 12.3 Å². The van der Waals surface area contributed by atoms with Crippen molar-refractivity contribution in [2.24, 2.45) is 0 Å². The Morgan fingerprint density at radius 1 is 1.38 bits per heavy atom. The van der Waals surface area contributed by atoms with Gasteiger partial charge in [0.05, 0.1) is 16.1 Å². The standard InChI is InChI=1S/C12H13Cl2N3O3S/c1-2-8-6-7-15-17(8)12(18)16-21(19,20)11-9(13)4-3-5-10(11)14/h3-8,15H,2H2,1H3,(H,16,18). The molecule has 0 bridgehead atoms. The molecule has 1 unspecified atom stereocenters. The van der Waals surface area contributed by atoms with Gasteiger partial charge in [-0.15, -0.1) is 0 Å². The van der Waals surface area contributed by atoms with Crippen molar-refractivity contribution in [2.45, 2.75) is 24.3 Å². The molecule has 0 fully saturated rings. The fraction of sp³-hybridized carbons (Fsp3) is 0.250. The molecule has 21 heavy (non-hydrogen) atoms. The Labute approximate surface area is 132 Å². The molecule has 0 radical (unpaired) electrons. The molecule has 1 aromatic rings. The maximum absolute atomic E-state index is 12.3. The molecule has 114 valence electrons. The quantitative estimate of drug-likeness (QED) is 0.878. The Hall–Kier alpha value is -1.44. The summed E-state index contributed by atoms with van der Waals surface area (Å²) in [6.45, 7) is 1.88. The number of hydrogen-bond acceptors (Lipinski definition) is 4. The van der Waals surface area contributed by atoms with Gasteiger partial charge >= 0.3 is 6.03 Å². The maximum Gasteiger partial charge on any atom is 0.350 e. The van der Waals surface area contributed by atoms with Crippen LogP contribution in [0.2, 0.25) is 10.0 Å². The Morgan fingerprint density at radius 3 is 2.57 bits per heavy atom. The second-order valence-electron chi connectivity index (χ2n) is 4.30. The van der Waals surface area contributed by atoms with Gasteiger partial charge in [0, 0.05) is 6.20 Å². The molecule has 0 aliphatic carbocycles. The lowest BCUT2D eigenvalue weighted by molar-refractivity contribution is 0.179. The zero-order valence-electron chi connectivity index (χ0n) is 11.0. The SMILES string of the molecule is CCC1C=CNN1C(=O)NS(=O)(=O)c1c(Cl)cccc1Cl. The number of amides is 2. The highest BCUT2D eigenvalue weighted by Gasteiger charge is 2.29. The Bertz CT molecular complexity index is 671. The molecule has 0 aromatic heterocycles. The lowest BCUT2D eigenvalue weighted by Gasteiger charge is -2.23. The third kappa shape index (κ3) is 3.25. The molecule has 1 aliphatic rings. The molecule has 1 aliphatic heterocycles. The van der Waals surface area contributed by atoms with E-state index in [-0.39, 0.29) is 21.0 Å². The summed E-state index contributed by atoms with van der Waals surface area (Å²) in [6.07, 6.45) is 3.97. The first-order valence-electron chi connectivity index (χ1n) is 6.09. The van der Waals surface area contributed by atoms with Crippen molar-refractivity contribution in [3.05, 3.63) is 40.5 Å². The number of urea groups is 1. The van der Waals surface area contributed by atoms with Crippen molar-refractivity contribution in [3.8, 4) is 0 Å². The molecular weight excluding hydrogens is 337 g/mol. The number of rotatable bonds is 3. The average Bonchev–Trinajstić information content (AvgIpc) is 2.85. The minimum atomic E-state index is -4.16. The number of benzene rings is 1. The highest BCUT2D eigenvalue weighted by Crippen LogP contribution is 2.28. The van der Waals surface area contributed by atoms with Crippen LogP contribution in [0.25, 0.3) is 0 Å². The number of nitrogens with one attached hydrogen (secondary N) is 2. The zero-order valence-corrected chi connectivity index (χ0v) is 13.3. The number of carbonyl (C=O) groups excluding carboxylic acids is 1. The summed E-state index contributed by atoms with van der Waals surface area (Å²) in [5.41, 5.74) is 2.67. The smallest absolute Gasteiger partial charge is 0.302 e. The Balaban J connectivity index is 2.24. The molecule has 0 saturated heterocycles. The first-order valence-corrected chi connectivity index (χ1v) is 8.33. The fourth-order valence-electron chi connectivity index (χ4n) is 1.90. The number of nitrogens with zero attached hydrogens (tertiary/aromatic N) is 1. The van der Waals surface area contributed by atoms with E-state index >= 15 is 0 Å². The summed E-state index contributed by atoms with van der Waals surface area (Å²) in [5, 5.41) is 1.08. The molecule has 9 heteroatoms. The zero-order chi connectivity index (χ0) is 15.6. The van der Waals surface area contributed by atoms with E-state index in [2.05, 4.69) is 5.43 Å². The van der Waals surface area contributed by atoms with Crippen molar-refractivity contribution in [2.75, 3.05) is 0 Å². The summed E-state index contributed by atoms with van der Waals surface area (Å²) < 4.78 is 26.5. The highest BCUT2D eigenvalue weighted by molar-refractivity contribution is 7.90. The topological polar surface area (TPSA) is 78.5 Å². The van der Waals surface area contributed by atoms with E-state index in [9.17, 15) is 13.2 Å². The van der Waals surface area contributed by atoms with Gasteiger partial charge < -0.3 is 5.43 Å². The molecule has 0 saturated carbocycles. The number of halogens is 2. The Morgan fingerprint density at radius 2 is 2.00 bits per heavy atom. The normalized spacial score (nSPS) is 17.7. The van der Waals surface area contributed by atoms with E-state index in [4.69, 9.17) is 23.2 Å². The molecule has 2 N–H and O–H groups in total. The van der Waals surface area contributed by atoms with Crippen LogP contribution < -0.4 is 10.1 Å². The summed E-state index contributed by atoms with van der Waals surface area (Å²) in [6, 6.07) is 3.27. The number of carbonyl (C=O) groups is 1.